The fourth-order valence-electron chi connectivity index (χ4n) is 2.48. The van der Waals surface area contributed by atoms with Gasteiger partial charge in [-0.05, 0) is 29.7 Å². The molecule has 2 aromatic heterocycles. The minimum Gasteiger partial charge on any atom is -0.323 e. The van der Waals surface area contributed by atoms with Gasteiger partial charge >= 0.3 is 0 Å². The molecule has 0 radical (unpaired) electrons. The molecular weight excluding hydrogens is 296 g/mol. The van der Waals surface area contributed by atoms with Gasteiger partial charge < -0.3 is 5.73 Å². The molecule has 1 unspecified atom stereocenters. The molecule has 0 aliphatic rings. The number of rotatable bonds is 3. The zero-order chi connectivity index (χ0) is 14.2. The van der Waals surface area contributed by atoms with E-state index in [0.29, 0.717) is 0 Å². The predicted molar refractivity (Wildman–Crippen MR) is 92.1 cm³/mol. The number of para-hydroxylation sites is 1. The summed E-state index contributed by atoms with van der Waals surface area (Å²) in [6, 6.07) is 18.9. The Hall–Kier alpha value is -1.75. The van der Waals surface area contributed by atoms with Crippen LogP contribution >= 0.6 is 22.7 Å². The molecule has 0 bridgehead atoms. The van der Waals surface area contributed by atoms with E-state index in [4.69, 9.17) is 5.73 Å². The normalized spacial score (nSPS) is 13.0. The fraction of sp³-hybridized carbons (Fsp3) is 0.118. The smallest absolute Gasteiger partial charge is 0.0957 e. The number of fused-ring (bicyclic) bond motifs is 2. The Morgan fingerprint density at radius 1 is 0.952 bits per heavy atom. The average molecular weight is 310 g/mol. The maximum absolute atomic E-state index is 6.39. The Morgan fingerprint density at radius 3 is 2.52 bits per heavy atom. The van der Waals surface area contributed by atoms with E-state index in [9.17, 15) is 0 Å². The van der Waals surface area contributed by atoms with Crippen molar-refractivity contribution in [2.45, 2.75) is 12.5 Å². The minimum absolute atomic E-state index is 0.0166. The lowest BCUT2D eigenvalue weighted by molar-refractivity contribution is 0.734. The maximum atomic E-state index is 6.39. The Labute approximate surface area is 130 Å². The van der Waals surface area contributed by atoms with Crippen molar-refractivity contribution < 1.29 is 0 Å². The number of benzene rings is 2. The van der Waals surface area contributed by atoms with Gasteiger partial charge in [-0.3, -0.25) is 0 Å². The number of nitrogens with two attached hydrogens (primary N) is 1. The first-order valence-corrected chi connectivity index (χ1v) is 8.51. The Balaban J connectivity index is 1.63. The zero-order valence-corrected chi connectivity index (χ0v) is 13.0. The number of hydrogen-bond acceptors (Lipinski definition) is 4. The van der Waals surface area contributed by atoms with Crippen LogP contribution in [0.4, 0.5) is 0 Å². The Morgan fingerprint density at radius 2 is 1.71 bits per heavy atom. The van der Waals surface area contributed by atoms with E-state index in [0.717, 1.165) is 16.9 Å². The summed E-state index contributed by atoms with van der Waals surface area (Å²) in [6.07, 6.45) is 0.798. The van der Waals surface area contributed by atoms with Gasteiger partial charge in [0.25, 0.3) is 0 Å². The van der Waals surface area contributed by atoms with Gasteiger partial charge in [-0.1, -0.05) is 30.3 Å². The van der Waals surface area contributed by atoms with Gasteiger partial charge in [-0.2, -0.15) is 0 Å². The maximum Gasteiger partial charge on any atom is 0.0957 e. The van der Waals surface area contributed by atoms with Crippen LogP contribution in [-0.4, -0.2) is 4.98 Å². The third kappa shape index (κ3) is 2.46. The van der Waals surface area contributed by atoms with E-state index in [2.05, 4.69) is 53.5 Å². The molecule has 104 valence electrons. The lowest BCUT2D eigenvalue weighted by Gasteiger charge is -2.06. The van der Waals surface area contributed by atoms with E-state index < -0.39 is 0 Å². The molecule has 2 heterocycles. The Kier molecular flexibility index (Phi) is 3.22. The summed E-state index contributed by atoms with van der Waals surface area (Å²) >= 11 is 3.52. The first-order valence-electron chi connectivity index (χ1n) is 6.88. The van der Waals surface area contributed by atoms with Crippen LogP contribution in [0.15, 0.2) is 54.6 Å². The lowest BCUT2D eigenvalue weighted by atomic mass is 10.1. The molecule has 0 spiro atoms. The van der Waals surface area contributed by atoms with Gasteiger partial charge in [0.2, 0.25) is 0 Å². The summed E-state index contributed by atoms with van der Waals surface area (Å²) in [5, 5.41) is 2.39. The fourth-order valence-corrected chi connectivity index (χ4v) is 4.57. The molecule has 4 rings (SSSR count). The van der Waals surface area contributed by atoms with Crippen molar-refractivity contribution in [3.05, 3.63) is 64.5 Å². The van der Waals surface area contributed by atoms with Crippen LogP contribution in [-0.2, 0) is 6.42 Å². The average Bonchev–Trinajstić information content (AvgIpc) is 3.10. The molecular formula is C17H14N2S2. The molecule has 4 aromatic rings. The third-order valence-corrected chi connectivity index (χ3v) is 5.85. The highest BCUT2D eigenvalue weighted by molar-refractivity contribution is 7.19. The minimum atomic E-state index is 0.0166. The largest absolute Gasteiger partial charge is 0.323 e. The third-order valence-electron chi connectivity index (χ3n) is 3.54. The SMILES string of the molecule is NC(Cc1nc2ccccc2s1)c1cc2ccccc2s1. The standard InChI is InChI=1S/C17H14N2S2/c18-12(16-9-11-5-1-3-7-14(11)20-16)10-17-19-13-6-2-4-8-15(13)21-17/h1-9,12H,10,18H2. The van der Waals surface area contributed by atoms with Crippen molar-refractivity contribution in [1.82, 2.24) is 4.98 Å². The summed E-state index contributed by atoms with van der Waals surface area (Å²) in [7, 11) is 0. The quantitative estimate of drug-likeness (QED) is 0.593. The van der Waals surface area contributed by atoms with Crippen molar-refractivity contribution >= 4 is 43.0 Å². The number of aromatic nitrogens is 1. The molecule has 0 saturated heterocycles. The summed E-state index contributed by atoms with van der Waals surface area (Å²) in [4.78, 5) is 5.91. The highest BCUT2D eigenvalue weighted by Gasteiger charge is 2.13. The van der Waals surface area contributed by atoms with Crippen LogP contribution in [0, 0.1) is 0 Å². The molecule has 2 N–H and O–H groups in total. The molecule has 2 aromatic carbocycles. The molecule has 0 aliphatic carbocycles. The van der Waals surface area contributed by atoms with Crippen molar-refractivity contribution in [2.24, 2.45) is 5.73 Å². The molecule has 2 nitrogen and oxygen atoms in total. The molecule has 0 saturated carbocycles. The summed E-state index contributed by atoms with van der Waals surface area (Å²) in [6.45, 7) is 0. The molecule has 0 aliphatic heterocycles. The number of hydrogen-bond donors (Lipinski definition) is 1. The van der Waals surface area contributed by atoms with Gasteiger partial charge in [0.1, 0.15) is 0 Å². The Bertz CT molecular complexity index is 841. The molecule has 21 heavy (non-hydrogen) atoms. The van der Waals surface area contributed by atoms with Crippen LogP contribution in [0.2, 0.25) is 0 Å². The number of thiophene rings is 1. The monoisotopic (exact) mass is 310 g/mol. The first kappa shape index (κ1) is 13.0. The second kappa shape index (κ2) is 5.22. The number of thiazole rings is 1. The first-order chi connectivity index (χ1) is 10.3. The molecule has 4 heteroatoms. The lowest BCUT2D eigenvalue weighted by Crippen LogP contribution is -2.11. The van der Waals surface area contributed by atoms with Crippen molar-refractivity contribution in [1.29, 1.82) is 0 Å². The summed E-state index contributed by atoms with van der Waals surface area (Å²) < 4.78 is 2.53. The summed E-state index contributed by atoms with van der Waals surface area (Å²) in [5.41, 5.74) is 7.46. The zero-order valence-electron chi connectivity index (χ0n) is 11.3. The van der Waals surface area contributed by atoms with Crippen molar-refractivity contribution in [2.75, 3.05) is 0 Å². The van der Waals surface area contributed by atoms with E-state index in [1.54, 1.807) is 22.7 Å². The van der Waals surface area contributed by atoms with Crippen molar-refractivity contribution in [3.63, 3.8) is 0 Å². The van der Waals surface area contributed by atoms with Crippen LogP contribution in [0.5, 0.6) is 0 Å². The van der Waals surface area contributed by atoms with E-state index in [-0.39, 0.29) is 6.04 Å². The van der Waals surface area contributed by atoms with Crippen LogP contribution in [0.3, 0.4) is 0 Å². The molecule has 0 fully saturated rings. The molecule has 1 atom stereocenters. The van der Waals surface area contributed by atoms with E-state index in [1.165, 1.54) is 19.7 Å². The van der Waals surface area contributed by atoms with Gasteiger partial charge in [0.05, 0.1) is 15.2 Å². The van der Waals surface area contributed by atoms with Crippen LogP contribution < -0.4 is 5.73 Å². The van der Waals surface area contributed by atoms with Crippen LogP contribution in [0.1, 0.15) is 15.9 Å². The van der Waals surface area contributed by atoms with Gasteiger partial charge in [0, 0.05) is 22.0 Å². The van der Waals surface area contributed by atoms with Gasteiger partial charge in [0.15, 0.2) is 0 Å². The topological polar surface area (TPSA) is 38.9 Å². The second-order valence-electron chi connectivity index (χ2n) is 5.07. The summed E-state index contributed by atoms with van der Waals surface area (Å²) in [5.74, 6) is 0. The van der Waals surface area contributed by atoms with E-state index in [1.807, 2.05) is 6.07 Å². The predicted octanol–water partition coefficient (Wildman–Crippen LogP) is 4.75. The highest BCUT2D eigenvalue weighted by Crippen LogP contribution is 2.31. The second-order valence-corrected chi connectivity index (χ2v) is 7.30. The van der Waals surface area contributed by atoms with Crippen LogP contribution in [0.25, 0.3) is 20.3 Å². The number of nitrogens with zero attached hydrogens (tertiary/aromatic N) is 1. The highest BCUT2D eigenvalue weighted by atomic mass is 32.1. The molecule has 0 amide bonds. The van der Waals surface area contributed by atoms with Gasteiger partial charge in [-0.15, -0.1) is 22.7 Å². The van der Waals surface area contributed by atoms with E-state index >= 15 is 0 Å². The van der Waals surface area contributed by atoms with Gasteiger partial charge in [-0.25, -0.2) is 4.98 Å². The van der Waals surface area contributed by atoms with Crippen molar-refractivity contribution in [3.8, 4) is 0 Å².